The fraction of sp³-hybridized carbons (Fsp3) is 0.825. The van der Waals surface area contributed by atoms with E-state index in [0.29, 0.717) is 73.1 Å². The summed E-state index contributed by atoms with van der Waals surface area (Å²) in [5.41, 5.74) is 0. The summed E-state index contributed by atoms with van der Waals surface area (Å²) in [4.78, 5) is 85.5. The second-order valence-electron chi connectivity index (χ2n) is 16.0. The number of hydrogen-bond donors (Lipinski definition) is 13. The predicted octanol–water partition coefficient (Wildman–Crippen LogP) is -4.71. The number of likely N-dealkylation sites (N-methyl/N-ethyl adjacent to an activating group) is 1. The van der Waals surface area contributed by atoms with Gasteiger partial charge in [-0.05, 0) is 58.4 Å². The van der Waals surface area contributed by atoms with Crippen molar-refractivity contribution >= 4 is 41.3 Å². The monoisotopic (exact) mass is 1030 g/mol. The summed E-state index contributed by atoms with van der Waals surface area (Å²) in [5.74, 6) is -5.03. The number of unbranched alkanes of at least 4 members (excludes halogenated alkanes) is 5. The minimum absolute atomic E-state index is 0. The van der Waals surface area contributed by atoms with Crippen molar-refractivity contribution in [3.05, 3.63) is 0 Å². The fourth-order valence-electron chi connectivity index (χ4n) is 6.70. The summed E-state index contributed by atoms with van der Waals surface area (Å²) in [6.45, 7) is -0.785. The molecule has 10 atom stereocenters. The van der Waals surface area contributed by atoms with E-state index in [9.17, 15) is 79.8 Å². The van der Waals surface area contributed by atoms with E-state index >= 15 is 0 Å². The Morgan fingerprint density at radius 3 is 1.60 bits per heavy atom. The number of hydrogen-bond acceptors (Lipinski definition) is 22. The maximum atomic E-state index is 12.6. The van der Waals surface area contributed by atoms with Crippen molar-refractivity contribution in [2.24, 2.45) is 0 Å². The van der Waals surface area contributed by atoms with Gasteiger partial charge in [0.1, 0.15) is 49.3 Å². The molecule has 27 nitrogen and oxygen atoms in total. The van der Waals surface area contributed by atoms with E-state index in [-0.39, 0.29) is 81.4 Å². The van der Waals surface area contributed by atoms with Crippen LogP contribution in [0.2, 0.25) is 0 Å². The van der Waals surface area contributed by atoms with Crippen molar-refractivity contribution in [1.29, 1.82) is 0 Å². The van der Waals surface area contributed by atoms with E-state index in [2.05, 4.69) is 16.0 Å². The largest absolute Gasteiger partial charge is 0.463 e. The number of aliphatic hydroxyl groups excluding tert-OH is 7. The molecule has 2 fully saturated rings. The number of carbonyl (C=O) groups is 7. The van der Waals surface area contributed by atoms with Crippen LogP contribution in [0.1, 0.15) is 89.9 Å². The second kappa shape index (κ2) is 33.9. The molecule has 0 spiro atoms. The first-order chi connectivity index (χ1) is 31.9. The van der Waals surface area contributed by atoms with Gasteiger partial charge in [-0.1, -0.05) is 0 Å². The van der Waals surface area contributed by atoms with Crippen LogP contribution in [0, 0.1) is 0 Å². The van der Waals surface area contributed by atoms with Crippen molar-refractivity contribution in [3.8, 4) is 0 Å². The number of amides is 5. The van der Waals surface area contributed by atoms with Crippen LogP contribution in [-0.2, 0) is 69.6 Å². The minimum atomic E-state index is -2.11. The van der Waals surface area contributed by atoms with Crippen molar-refractivity contribution < 1.29 is 121 Å². The number of ether oxygens (including phenoxy) is 4. The molecule has 68 heavy (non-hydrogen) atoms. The van der Waals surface area contributed by atoms with Gasteiger partial charge in [0.2, 0.25) is 41.6 Å². The van der Waals surface area contributed by atoms with Crippen LogP contribution in [0.15, 0.2) is 0 Å². The zero-order valence-corrected chi connectivity index (χ0v) is 39.1. The van der Waals surface area contributed by atoms with Crippen molar-refractivity contribution in [2.45, 2.75) is 151 Å². The van der Waals surface area contributed by atoms with Gasteiger partial charge in [-0.25, -0.2) is 15.2 Å². The molecule has 2 saturated heterocycles. The van der Waals surface area contributed by atoms with Gasteiger partial charge in [-0.2, -0.15) is 0 Å². The summed E-state index contributed by atoms with van der Waals surface area (Å²) >= 11 is 0. The number of nitrogens with one attached hydrogen (secondary N) is 3. The van der Waals surface area contributed by atoms with Gasteiger partial charge in [0.15, 0.2) is 6.29 Å². The molecule has 2 aliphatic rings. The molecule has 5 amide bonds. The third-order valence-electron chi connectivity index (χ3n) is 10.8. The molecule has 0 aromatic rings. The number of rotatable bonds is 32. The number of aliphatic hydroxyl groups is 7. The van der Waals surface area contributed by atoms with Crippen LogP contribution >= 0.6 is 0 Å². The number of Topliss-reactive ketones (excluding diaryl/α,β-unsaturated/α-hetero) is 1. The normalized spacial score (nSPS) is 24.0. The van der Waals surface area contributed by atoms with Crippen LogP contribution in [0.4, 0.5) is 0 Å². The van der Waals surface area contributed by atoms with E-state index in [1.807, 2.05) is 0 Å². The summed E-state index contributed by atoms with van der Waals surface area (Å²) < 4.78 is 21.0. The zero-order chi connectivity index (χ0) is 50.1. The molecule has 0 aliphatic carbocycles. The van der Waals surface area contributed by atoms with Gasteiger partial charge < -0.3 is 70.6 Å². The Kier molecular flexibility index (Phi) is 31.1. The molecule has 2 aliphatic heterocycles. The van der Waals surface area contributed by atoms with Crippen LogP contribution in [0.3, 0.4) is 0 Å². The van der Waals surface area contributed by atoms with Crippen LogP contribution in [-0.4, -0.2) is 229 Å². The quantitative estimate of drug-likeness (QED) is 0.00990. The Labute approximate surface area is 403 Å². The topological polar surface area (TPSA) is 405 Å². The van der Waals surface area contributed by atoms with E-state index in [1.165, 1.54) is 7.05 Å². The first kappa shape index (κ1) is 62.5. The smallest absolute Gasteiger partial charge is 0.306 e. The number of hydroxylamine groups is 6. The van der Waals surface area contributed by atoms with Crippen molar-refractivity contribution in [2.75, 3.05) is 59.6 Å². The van der Waals surface area contributed by atoms with Crippen LogP contribution in [0.25, 0.3) is 0 Å². The molecule has 1 unspecified atom stereocenters. The average Bonchev–Trinajstić information content (AvgIpc) is 3.31. The minimum Gasteiger partial charge on any atom is -0.463 e. The van der Waals surface area contributed by atoms with Gasteiger partial charge >= 0.3 is 5.97 Å². The van der Waals surface area contributed by atoms with Gasteiger partial charge in [0.25, 0.3) is 0 Å². The van der Waals surface area contributed by atoms with Gasteiger partial charge in [-0.3, -0.25) is 49.2 Å². The Morgan fingerprint density at radius 1 is 0.647 bits per heavy atom. The fourth-order valence-corrected chi connectivity index (χ4v) is 6.70. The molecule has 0 bridgehead atoms. The molecule has 0 saturated carbocycles. The SMILES string of the molecule is CNC(CO)[C@H]1O[C@H](O)[C@H](O[C@H]2O[C@H](COC(=O)CCC(=O)N(O)CCCCCNC(=O)CCC(=O)N(O)CCCCCNC(=O)CCC(=O)N(O)CCCCO)[C@@H](O)[C@H](O)C2=O)[C@@H](O)[C@@H]1O.[Fe]. The molecule has 394 valence electrons. The summed E-state index contributed by atoms with van der Waals surface area (Å²) in [5, 5.41) is 110. The average molecular weight is 1030 g/mol. The van der Waals surface area contributed by atoms with E-state index in [4.69, 9.17) is 24.1 Å². The molecule has 2 rings (SSSR count). The third kappa shape index (κ3) is 22.0. The van der Waals surface area contributed by atoms with Crippen molar-refractivity contribution in [3.63, 3.8) is 0 Å². The molecule has 2 heterocycles. The Bertz CT molecular complexity index is 1550. The number of ketones is 1. The van der Waals surface area contributed by atoms with E-state index in [0.717, 1.165) is 0 Å². The summed E-state index contributed by atoms with van der Waals surface area (Å²) in [7, 11) is 1.44. The Balaban J connectivity index is 0.0000231. The van der Waals surface area contributed by atoms with Crippen LogP contribution in [0.5, 0.6) is 0 Å². The maximum absolute atomic E-state index is 12.6. The Hall–Kier alpha value is -3.55. The molecule has 28 heteroatoms. The maximum Gasteiger partial charge on any atom is 0.306 e. The van der Waals surface area contributed by atoms with E-state index < -0.39 is 123 Å². The summed E-state index contributed by atoms with van der Waals surface area (Å²) in [6.07, 6.45) is -14.2. The van der Waals surface area contributed by atoms with Gasteiger partial charge in [0, 0.05) is 88.5 Å². The van der Waals surface area contributed by atoms with Gasteiger partial charge in [0.05, 0.1) is 19.1 Å². The van der Waals surface area contributed by atoms with Crippen molar-refractivity contribution in [1.82, 2.24) is 31.1 Å². The Morgan fingerprint density at radius 2 is 1.13 bits per heavy atom. The third-order valence-corrected chi connectivity index (χ3v) is 10.8. The number of esters is 1. The summed E-state index contributed by atoms with van der Waals surface area (Å²) in [6, 6.07) is -0.901. The molecule has 0 radical (unpaired) electrons. The molecular formula is C40H70FeN6O21. The van der Waals surface area contributed by atoms with E-state index in [1.54, 1.807) is 0 Å². The first-order valence-electron chi connectivity index (χ1n) is 22.3. The molecule has 13 N–H and O–H groups in total. The first-order valence-corrected chi connectivity index (χ1v) is 22.3. The molecular weight excluding hydrogens is 956 g/mol. The molecule has 0 aromatic carbocycles. The van der Waals surface area contributed by atoms with Crippen LogP contribution < -0.4 is 16.0 Å². The van der Waals surface area contributed by atoms with Gasteiger partial charge in [-0.15, -0.1) is 0 Å². The predicted molar refractivity (Wildman–Crippen MR) is 223 cm³/mol. The second-order valence-corrected chi connectivity index (χ2v) is 16.0. The number of nitrogens with zero attached hydrogens (tertiary/aromatic N) is 3. The standard InChI is InChI=1S/C40H70N6O21.Fe/c1-41-24(22-48)37-34(57)35(58)38(39(60)66-37)67-40-36(59)33(56)32(55)25(65-40)23-64-31(54)15-14-30(53)45(62)19-7-3-5-17-42-26(49)10-12-28(51)44(61)18-6-2-4-16-43-27(50)11-13-29(52)46(63)20-8-9-21-47;/h24-25,32-35,37-41,47-48,55-58,60-63H,2-23H2,1H3,(H,42,49)(H,43,50);/t24?,25-,32-,33+,34+,35+,37-,38-,39+,40-;/m1./s1. The number of carbonyl (C=O) groups excluding carboxylic acids is 7. The molecule has 0 aromatic heterocycles. The zero-order valence-electron chi connectivity index (χ0n) is 38.0.